The molecular formula is C22H24N2O2. The van der Waals surface area contributed by atoms with Gasteiger partial charge in [-0.15, -0.1) is 0 Å². The quantitative estimate of drug-likeness (QED) is 0.714. The molecule has 0 fully saturated rings. The van der Waals surface area contributed by atoms with E-state index in [1.165, 1.54) is 0 Å². The van der Waals surface area contributed by atoms with E-state index in [1.54, 1.807) is 14.2 Å². The highest BCUT2D eigenvalue weighted by Gasteiger charge is 2.37. The second-order valence-electron chi connectivity index (χ2n) is 6.21. The molecule has 3 aromatic rings. The third-order valence-corrected chi connectivity index (χ3v) is 4.78. The normalized spacial score (nSPS) is 14.3. The molecule has 0 aliphatic carbocycles. The van der Waals surface area contributed by atoms with Crippen LogP contribution in [0.5, 0.6) is 11.5 Å². The Morgan fingerprint density at radius 1 is 0.692 bits per heavy atom. The van der Waals surface area contributed by atoms with Crippen molar-refractivity contribution in [1.29, 1.82) is 0 Å². The van der Waals surface area contributed by atoms with Crippen LogP contribution in [-0.4, -0.2) is 14.2 Å². The summed E-state index contributed by atoms with van der Waals surface area (Å²) in [6.45, 7) is 0. The van der Waals surface area contributed by atoms with E-state index in [0.29, 0.717) is 0 Å². The van der Waals surface area contributed by atoms with Crippen LogP contribution in [0.1, 0.15) is 22.7 Å². The molecule has 3 aromatic carbocycles. The number of rotatable bonds is 6. The highest BCUT2D eigenvalue weighted by molar-refractivity contribution is 5.45. The maximum Gasteiger partial charge on any atom is 0.118 e. The zero-order valence-electron chi connectivity index (χ0n) is 15.1. The average molecular weight is 348 g/mol. The van der Waals surface area contributed by atoms with Crippen LogP contribution in [0.15, 0.2) is 78.9 Å². The van der Waals surface area contributed by atoms with E-state index in [2.05, 4.69) is 0 Å². The van der Waals surface area contributed by atoms with Gasteiger partial charge in [0.15, 0.2) is 0 Å². The Labute approximate surface area is 154 Å². The van der Waals surface area contributed by atoms with E-state index in [0.717, 1.165) is 28.2 Å². The minimum absolute atomic E-state index is 0.441. The van der Waals surface area contributed by atoms with Gasteiger partial charge in [-0.2, -0.15) is 0 Å². The molecule has 134 valence electrons. The van der Waals surface area contributed by atoms with E-state index >= 15 is 0 Å². The molecular weight excluding hydrogens is 324 g/mol. The Kier molecular flexibility index (Phi) is 5.26. The number of hydrogen-bond acceptors (Lipinski definition) is 4. The van der Waals surface area contributed by atoms with E-state index in [-0.39, 0.29) is 0 Å². The molecule has 0 aromatic heterocycles. The van der Waals surface area contributed by atoms with Gasteiger partial charge in [0, 0.05) is 0 Å². The first-order valence-corrected chi connectivity index (χ1v) is 8.48. The van der Waals surface area contributed by atoms with Gasteiger partial charge >= 0.3 is 0 Å². The van der Waals surface area contributed by atoms with Gasteiger partial charge in [0.2, 0.25) is 0 Å². The molecule has 0 spiro atoms. The average Bonchev–Trinajstić information content (AvgIpc) is 2.73. The van der Waals surface area contributed by atoms with Gasteiger partial charge in [-0.3, -0.25) is 0 Å². The second-order valence-corrected chi connectivity index (χ2v) is 6.21. The monoisotopic (exact) mass is 348 g/mol. The molecule has 2 atom stereocenters. The van der Waals surface area contributed by atoms with Crippen molar-refractivity contribution in [1.82, 2.24) is 0 Å². The fourth-order valence-corrected chi connectivity index (χ4v) is 3.18. The lowest BCUT2D eigenvalue weighted by atomic mass is 9.75. The summed E-state index contributed by atoms with van der Waals surface area (Å²) in [6, 6.07) is 24.9. The number of methoxy groups -OCH3 is 2. The third kappa shape index (κ3) is 3.29. The van der Waals surface area contributed by atoms with Gasteiger partial charge < -0.3 is 20.9 Å². The molecule has 26 heavy (non-hydrogen) atoms. The molecule has 0 saturated carbocycles. The predicted octanol–water partition coefficient (Wildman–Crippen LogP) is 3.61. The molecule has 0 saturated heterocycles. The smallest absolute Gasteiger partial charge is 0.118 e. The van der Waals surface area contributed by atoms with Crippen LogP contribution in [-0.2, 0) is 5.54 Å². The van der Waals surface area contributed by atoms with Crippen molar-refractivity contribution < 1.29 is 9.47 Å². The lowest BCUT2D eigenvalue weighted by molar-refractivity contribution is 0.408. The number of benzene rings is 3. The second kappa shape index (κ2) is 7.60. The molecule has 0 heterocycles. The fraction of sp³-hybridized carbons (Fsp3) is 0.182. The van der Waals surface area contributed by atoms with Crippen molar-refractivity contribution in [2.45, 2.75) is 11.6 Å². The lowest BCUT2D eigenvalue weighted by Crippen LogP contribution is -2.47. The maximum atomic E-state index is 6.98. The Hall–Kier alpha value is -2.82. The first kappa shape index (κ1) is 18.0. The van der Waals surface area contributed by atoms with Crippen LogP contribution < -0.4 is 20.9 Å². The molecule has 3 rings (SSSR count). The number of hydrogen-bond donors (Lipinski definition) is 2. The summed E-state index contributed by atoms with van der Waals surface area (Å²) >= 11 is 0. The molecule has 0 aliphatic heterocycles. The van der Waals surface area contributed by atoms with Crippen molar-refractivity contribution in [2.24, 2.45) is 11.5 Å². The standard InChI is InChI=1S/C22H24N2O2/c1-25-19-12-8-16(9-13-19)21(23)22(24,17-6-4-3-5-7-17)18-10-14-20(26-2)15-11-18/h3-15,21H,23-24H2,1-2H3. The van der Waals surface area contributed by atoms with Crippen molar-refractivity contribution in [3.8, 4) is 11.5 Å². The van der Waals surface area contributed by atoms with E-state index in [1.807, 2.05) is 78.9 Å². The summed E-state index contributed by atoms with van der Waals surface area (Å²) in [5.74, 6) is 1.56. The van der Waals surface area contributed by atoms with Crippen molar-refractivity contribution in [3.63, 3.8) is 0 Å². The SMILES string of the molecule is COc1ccc(C(N)C(N)(c2ccccc2)c2ccc(OC)cc2)cc1. The van der Waals surface area contributed by atoms with Crippen LogP contribution in [0.4, 0.5) is 0 Å². The van der Waals surface area contributed by atoms with E-state index in [4.69, 9.17) is 20.9 Å². The zero-order chi connectivity index (χ0) is 18.6. The fourth-order valence-electron chi connectivity index (χ4n) is 3.18. The van der Waals surface area contributed by atoms with Gasteiger partial charge in [-0.25, -0.2) is 0 Å². The molecule has 0 amide bonds. The van der Waals surface area contributed by atoms with Crippen molar-refractivity contribution in [2.75, 3.05) is 14.2 Å². The Morgan fingerprint density at radius 2 is 1.15 bits per heavy atom. The summed E-state index contributed by atoms with van der Waals surface area (Å²) in [4.78, 5) is 0. The largest absolute Gasteiger partial charge is 0.497 e. The molecule has 4 heteroatoms. The Morgan fingerprint density at radius 3 is 1.65 bits per heavy atom. The molecule has 2 unspecified atom stereocenters. The Balaban J connectivity index is 2.10. The summed E-state index contributed by atoms with van der Waals surface area (Å²) in [6.07, 6.45) is 0. The van der Waals surface area contributed by atoms with Crippen LogP contribution in [0.2, 0.25) is 0 Å². The lowest BCUT2D eigenvalue weighted by Gasteiger charge is -2.37. The van der Waals surface area contributed by atoms with E-state index < -0.39 is 11.6 Å². The van der Waals surface area contributed by atoms with Gasteiger partial charge in [0.05, 0.1) is 25.8 Å². The van der Waals surface area contributed by atoms with Gasteiger partial charge in [-0.05, 0) is 41.0 Å². The predicted molar refractivity (Wildman–Crippen MR) is 104 cm³/mol. The summed E-state index contributed by atoms with van der Waals surface area (Å²) < 4.78 is 10.5. The van der Waals surface area contributed by atoms with Crippen LogP contribution in [0, 0.1) is 0 Å². The summed E-state index contributed by atoms with van der Waals surface area (Å²) in [7, 11) is 3.29. The maximum absolute atomic E-state index is 6.98. The van der Waals surface area contributed by atoms with Gasteiger partial charge in [0.1, 0.15) is 11.5 Å². The molecule has 0 radical (unpaired) electrons. The van der Waals surface area contributed by atoms with Crippen LogP contribution in [0.25, 0.3) is 0 Å². The molecule has 0 aliphatic rings. The van der Waals surface area contributed by atoms with Crippen LogP contribution in [0.3, 0.4) is 0 Å². The van der Waals surface area contributed by atoms with Crippen molar-refractivity contribution in [3.05, 3.63) is 95.6 Å². The van der Waals surface area contributed by atoms with Crippen LogP contribution >= 0.6 is 0 Å². The number of ether oxygens (including phenoxy) is 2. The van der Waals surface area contributed by atoms with Gasteiger partial charge in [-0.1, -0.05) is 54.6 Å². The minimum Gasteiger partial charge on any atom is -0.497 e. The zero-order valence-corrected chi connectivity index (χ0v) is 15.1. The first-order chi connectivity index (χ1) is 12.6. The number of nitrogens with two attached hydrogens (primary N) is 2. The van der Waals surface area contributed by atoms with E-state index in [9.17, 15) is 0 Å². The topological polar surface area (TPSA) is 70.5 Å². The molecule has 0 bridgehead atoms. The third-order valence-electron chi connectivity index (χ3n) is 4.78. The molecule has 4 nitrogen and oxygen atoms in total. The minimum atomic E-state index is -0.887. The highest BCUT2D eigenvalue weighted by atomic mass is 16.5. The first-order valence-electron chi connectivity index (χ1n) is 8.48. The van der Waals surface area contributed by atoms with Gasteiger partial charge in [0.25, 0.3) is 0 Å². The Bertz CT molecular complexity index is 832. The summed E-state index contributed by atoms with van der Waals surface area (Å²) in [5, 5.41) is 0. The highest BCUT2D eigenvalue weighted by Crippen LogP contribution is 2.38. The summed E-state index contributed by atoms with van der Waals surface area (Å²) in [5.41, 5.74) is 15.6. The molecule has 4 N–H and O–H groups in total. The van der Waals surface area contributed by atoms with Crippen molar-refractivity contribution >= 4 is 0 Å².